The molecule has 0 saturated carbocycles. The summed E-state index contributed by atoms with van der Waals surface area (Å²) in [5.74, 6) is 0.906. The molecule has 0 heterocycles. The van der Waals surface area contributed by atoms with Crippen LogP contribution < -0.4 is 10.5 Å². The van der Waals surface area contributed by atoms with Gasteiger partial charge in [-0.25, -0.2) is 0 Å². The summed E-state index contributed by atoms with van der Waals surface area (Å²) >= 11 is 3.56. The molecule has 0 aliphatic rings. The van der Waals surface area contributed by atoms with Crippen LogP contribution in [0.15, 0.2) is 53.0 Å². The Morgan fingerprint density at radius 2 is 1.80 bits per heavy atom. The van der Waals surface area contributed by atoms with Gasteiger partial charge in [-0.15, -0.1) is 0 Å². The van der Waals surface area contributed by atoms with Crippen LogP contribution in [0.25, 0.3) is 0 Å². The third kappa shape index (κ3) is 4.09. The summed E-state index contributed by atoms with van der Waals surface area (Å²) in [6.07, 6.45) is 1.83. The first-order valence-electron chi connectivity index (χ1n) is 6.92. The highest BCUT2D eigenvalue weighted by molar-refractivity contribution is 9.10. The van der Waals surface area contributed by atoms with E-state index in [1.807, 2.05) is 42.5 Å². The number of rotatable bonds is 6. The Bertz CT molecular complexity index is 539. The maximum absolute atomic E-state index is 6.28. The second kappa shape index (κ2) is 7.46. The third-order valence-corrected chi connectivity index (χ3v) is 3.95. The minimum absolute atomic E-state index is 0.00562. The lowest BCUT2D eigenvalue weighted by molar-refractivity contribution is 0.317. The fourth-order valence-corrected chi connectivity index (χ4v) is 2.50. The summed E-state index contributed by atoms with van der Waals surface area (Å²) in [5, 5.41) is 0. The van der Waals surface area contributed by atoms with Crippen molar-refractivity contribution in [3.8, 4) is 5.75 Å². The summed E-state index contributed by atoms with van der Waals surface area (Å²) in [6, 6.07) is 16.3. The van der Waals surface area contributed by atoms with Crippen LogP contribution in [-0.4, -0.2) is 6.61 Å². The van der Waals surface area contributed by atoms with Crippen molar-refractivity contribution in [2.75, 3.05) is 6.61 Å². The lowest BCUT2D eigenvalue weighted by Crippen LogP contribution is -2.13. The van der Waals surface area contributed by atoms with Gasteiger partial charge in [0.25, 0.3) is 0 Å². The van der Waals surface area contributed by atoms with Crippen molar-refractivity contribution in [1.82, 2.24) is 0 Å². The average Bonchev–Trinajstić information content (AvgIpc) is 2.48. The van der Waals surface area contributed by atoms with Crippen molar-refractivity contribution in [3.63, 3.8) is 0 Å². The molecule has 0 bridgehead atoms. The first-order chi connectivity index (χ1) is 9.70. The molecule has 2 N–H and O–H groups in total. The number of hydrogen-bond donors (Lipinski definition) is 1. The molecule has 0 aliphatic heterocycles. The standard InChI is InChI=1S/C17H20BrNO/c1-2-11-20-15-9-7-13(8-10-15)17(19)12-14-5-3-4-6-16(14)18/h3-10,17H,2,11-12,19H2,1H3. The molecule has 20 heavy (non-hydrogen) atoms. The minimum Gasteiger partial charge on any atom is -0.494 e. The number of ether oxygens (including phenoxy) is 1. The zero-order chi connectivity index (χ0) is 14.4. The van der Waals surface area contributed by atoms with Crippen LogP contribution in [0.4, 0.5) is 0 Å². The van der Waals surface area contributed by atoms with E-state index in [4.69, 9.17) is 10.5 Å². The molecule has 2 aromatic carbocycles. The molecular formula is C17H20BrNO. The van der Waals surface area contributed by atoms with Gasteiger partial charge in [0.15, 0.2) is 0 Å². The summed E-state index contributed by atoms with van der Waals surface area (Å²) < 4.78 is 6.69. The van der Waals surface area contributed by atoms with Crippen molar-refractivity contribution in [2.24, 2.45) is 5.73 Å². The van der Waals surface area contributed by atoms with E-state index in [0.717, 1.165) is 35.2 Å². The van der Waals surface area contributed by atoms with Gasteiger partial charge in [-0.2, -0.15) is 0 Å². The summed E-state index contributed by atoms with van der Waals surface area (Å²) in [6.45, 7) is 2.85. The van der Waals surface area contributed by atoms with E-state index in [9.17, 15) is 0 Å². The lowest BCUT2D eigenvalue weighted by atomic mass is 10.00. The highest BCUT2D eigenvalue weighted by Crippen LogP contribution is 2.23. The third-order valence-electron chi connectivity index (χ3n) is 3.18. The summed E-state index contributed by atoms with van der Waals surface area (Å²) in [4.78, 5) is 0. The average molecular weight is 334 g/mol. The molecule has 0 spiro atoms. The molecule has 2 aromatic rings. The fourth-order valence-electron chi connectivity index (χ4n) is 2.05. The largest absolute Gasteiger partial charge is 0.494 e. The monoisotopic (exact) mass is 333 g/mol. The van der Waals surface area contributed by atoms with Gasteiger partial charge in [0.2, 0.25) is 0 Å². The molecule has 0 radical (unpaired) electrons. The molecule has 0 saturated heterocycles. The molecule has 3 heteroatoms. The molecule has 0 amide bonds. The van der Waals surface area contributed by atoms with Crippen LogP contribution in [0.3, 0.4) is 0 Å². The van der Waals surface area contributed by atoms with Crippen LogP contribution in [0.2, 0.25) is 0 Å². The van der Waals surface area contributed by atoms with E-state index >= 15 is 0 Å². The first kappa shape index (κ1) is 15.1. The van der Waals surface area contributed by atoms with Crippen LogP contribution in [-0.2, 0) is 6.42 Å². The summed E-state index contributed by atoms with van der Waals surface area (Å²) in [7, 11) is 0. The minimum atomic E-state index is -0.00562. The van der Waals surface area contributed by atoms with E-state index in [1.54, 1.807) is 0 Å². The van der Waals surface area contributed by atoms with Gasteiger partial charge in [-0.1, -0.05) is 53.2 Å². The Kier molecular flexibility index (Phi) is 5.62. The van der Waals surface area contributed by atoms with Crippen LogP contribution >= 0.6 is 15.9 Å². The van der Waals surface area contributed by atoms with Gasteiger partial charge in [-0.3, -0.25) is 0 Å². The van der Waals surface area contributed by atoms with E-state index in [1.165, 1.54) is 5.56 Å². The second-order valence-corrected chi connectivity index (χ2v) is 5.67. The normalized spacial score (nSPS) is 12.2. The Morgan fingerprint density at radius 3 is 2.45 bits per heavy atom. The Balaban J connectivity index is 2.02. The Hall–Kier alpha value is -1.32. The molecule has 1 unspecified atom stereocenters. The molecule has 0 aliphatic carbocycles. The van der Waals surface area contributed by atoms with E-state index in [2.05, 4.69) is 28.9 Å². The van der Waals surface area contributed by atoms with E-state index in [0.29, 0.717) is 0 Å². The number of halogens is 1. The highest BCUT2D eigenvalue weighted by atomic mass is 79.9. The zero-order valence-electron chi connectivity index (χ0n) is 11.7. The van der Waals surface area contributed by atoms with Gasteiger partial charge in [0, 0.05) is 10.5 Å². The van der Waals surface area contributed by atoms with Crippen molar-refractivity contribution < 1.29 is 4.74 Å². The van der Waals surface area contributed by atoms with Crippen molar-refractivity contribution >= 4 is 15.9 Å². The molecule has 1 atom stereocenters. The molecule has 106 valence electrons. The predicted octanol–water partition coefficient (Wildman–Crippen LogP) is 4.48. The van der Waals surface area contributed by atoms with E-state index in [-0.39, 0.29) is 6.04 Å². The van der Waals surface area contributed by atoms with Gasteiger partial charge >= 0.3 is 0 Å². The quantitative estimate of drug-likeness (QED) is 0.845. The first-order valence-corrected chi connectivity index (χ1v) is 7.71. The molecule has 0 fully saturated rings. The van der Waals surface area contributed by atoms with E-state index < -0.39 is 0 Å². The maximum atomic E-state index is 6.28. The van der Waals surface area contributed by atoms with Gasteiger partial charge in [-0.05, 0) is 42.2 Å². The highest BCUT2D eigenvalue weighted by Gasteiger charge is 2.09. The SMILES string of the molecule is CCCOc1ccc(C(N)Cc2ccccc2Br)cc1. The number of hydrogen-bond acceptors (Lipinski definition) is 2. The number of nitrogens with two attached hydrogens (primary N) is 1. The smallest absolute Gasteiger partial charge is 0.119 e. The lowest BCUT2D eigenvalue weighted by Gasteiger charge is -2.14. The predicted molar refractivity (Wildman–Crippen MR) is 87.0 cm³/mol. The summed E-state index contributed by atoms with van der Waals surface area (Å²) in [5.41, 5.74) is 8.64. The second-order valence-electron chi connectivity index (χ2n) is 4.82. The Labute approximate surface area is 129 Å². The van der Waals surface area contributed by atoms with Crippen LogP contribution in [0, 0.1) is 0 Å². The molecule has 2 rings (SSSR count). The zero-order valence-corrected chi connectivity index (χ0v) is 13.3. The number of benzene rings is 2. The van der Waals surface area contributed by atoms with Crippen molar-refractivity contribution in [1.29, 1.82) is 0 Å². The van der Waals surface area contributed by atoms with Crippen LogP contribution in [0.1, 0.15) is 30.5 Å². The van der Waals surface area contributed by atoms with Crippen molar-refractivity contribution in [2.45, 2.75) is 25.8 Å². The topological polar surface area (TPSA) is 35.2 Å². The molecular weight excluding hydrogens is 314 g/mol. The van der Waals surface area contributed by atoms with Crippen molar-refractivity contribution in [3.05, 3.63) is 64.1 Å². The van der Waals surface area contributed by atoms with Gasteiger partial charge < -0.3 is 10.5 Å². The Morgan fingerprint density at radius 1 is 1.10 bits per heavy atom. The van der Waals surface area contributed by atoms with Crippen LogP contribution in [0.5, 0.6) is 5.75 Å². The molecule has 0 aromatic heterocycles. The van der Waals surface area contributed by atoms with Gasteiger partial charge in [0.1, 0.15) is 5.75 Å². The fraction of sp³-hybridized carbons (Fsp3) is 0.294. The molecule has 2 nitrogen and oxygen atoms in total. The maximum Gasteiger partial charge on any atom is 0.119 e. The van der Waals surface area contributed by atoms with Gasteiger partial charge in [0.05, 0.1) is 6.61 Å².